The van der Waals surface area contributed by atoms with Crippen LogP contribution in [0.3, 0.4) is 0 Å². The molecule has 0 aliphatic heterocycles. The summed E-state index contributed by atoms with van der Waals surface area (Å²) in [6.45, 7) is 0. The minimum absolute atomic E-state index is 0.560. The van der Waals surface area contributed by atoms with Crippen LogP contribution in [0.5, 0.6) is 5.75 Å². The summed E-state index contributed by atoms with van der Waals surface area (Å²) in [7, 11) is 1.69. The van der Waals surface area contributed by atoms with E-state index in [4.69, 9.17) is 15.5 Å². The molecule has 2 N–H and O–H groups in total. The van der Waals surface area contributed by atoms with Gasteiger partial charge in [0.2, 0.25) is 0 Å². The summed E-state index contributed by atoms with van der Waals surface area (Å²) in [5.74, 6) is 2.54. The smallest absolute Gasteiger partial charge is 0.120 e. The normalized spacial score (nSPS) is 14.5. The van der Waals surface area contributed by atoms with E-state index in [0.29, 0.717) is 5.92 Å². The number of nitrogens with two attached hydrogens (primary N) is 1. The van der Waals surface area contributed by atoms with Crippen molar-refractivity contribution in [3.63, 3.8) is 0 Å². The summed E-state index contributed by atoms with van der Waals surface area (Å²) in [5.41, 5.74) is 9.78. The first-order valence-electron chi connectivity index (χ1n) is 7.18. The predicted octanol–water partition coefficient (Wildman–Crippen LogP) is 3.49. The zero-order valence-corrected chi connectivity index (χ0v) is 11.9. The fourth-order valence-electron chi connectivity index (χ4n) is 2.75. The number of fused-ring (bicyclic) bond motifs is 1. The Morgan fingerprint density at radius 2 is 2.05 bits per heavy atom. The highest BCUT2D eigenvalue weighted by Crippen LogP contribution is 2.42. The molecule has 4 heteroatoms. The van der Waals surface area contributed by atoms with Gasteiger partial charge in [-0.1, -0.05) is 6.07 Å². The minimum atomic E-state index is 0.560. The lowest BCUT2D eigenvalue weighted by molar-refractivity contribution is 0.414. The molecule has 0 bridgehead atoms. The van der Waals surface area contributed by atoms with E-state index in [9.17, 15) is 0 Å². The fourth-order valence-corrected chi connectivity index (χ4v) is 2.75. The maximum Gasteiger partial charge on any atom is 0.120 e. The molecule has 1 aliphatic carbocycles. The third kappa shape index (κ3) is 2.03. The minimum Gasteiger partial charge on any atom is -0.497 e. The van der Waals surface area contributed by atoms with Crippen molar-refractivity contribution in [3.05, 3.63) is 48.3 Å². The van der Waals surface area contributed by atoms with E-state index in [1.807, 2.05) is 36.4 Å². The number of imidazole rings is 1. The van der Waals surface area contributed by atoms with Crippen LogP contribution in [0.15, 0.2) is 42.5 Å². The van der Waals surface area contributed by atoms with Crippen molar-refractivity contribution in [3.8, 4) is 11.4 Å². The Hall–Kier alpha value is -2.49. The highest BCUT2D eigenvalue weighted by Gasteiger charge is 2.30. The van der Waals surface area contributed by atoms with Gasteiger partial charge in [0.15, 0.2) is 0 Å². The number of nitrogens with zero attached hydrogens (tertiary/aromatic N) is 2. The molecule has 0 unspecified atom stereocenters. The Balaban J connectivity index is 1.98. The molecule has 1 heterocycles. The molecule has 4 nitrogen and oxygen atoms in total. The van der Waals surface area contributed by atoms with Gasteiger partial charge in [0.05, 0.1) is 23.8 Å². The van der Waals surface area contributed by atoms with Crippen molar-refractivity contribution < 1.29 is 4.74 Å². The molecule has 0 amide bonds. The van der Waals surface area contributed by atoms with E-state index in [2.05, 4.69) is 10.6 Å². The summed E-state index contributed by atoms with van der Waals surface area (Å²) in [6, 6.07) is 14.0. The number of rotatable bonds is 3. The average molecular weight is 279 g/mol. The Morgan fingerprint density at radius 1 is 1.19 bits per heavy atom. The van der Waals surface area contributed by atoms with Crippen LogP contribution in [-0.2, 0) is 0 Å². The van der Waals surface area contributed by atoms with E-state index in [1.165, 1.54) is 12.8 Å². The van der Waals surface area contributed by atoms with Crippen LogP contribution in [0.2, 0.25) is 0 Å². The Labute approximate surface area is 123 Å². The van der Waals surface area contributed by atoms with Crippen LogP contribution in [0.1, 0.15) is 24.6 Å². The molecule has 21 heavy (non-hydrogen) atoms. The van der Waals surface area contributed by atoms with E-state index in [1.54, 1.807) is 7.11 Å². The van der Waals surface area contributed by atoms with Crippen molar-refractivity contribution in [1.82, 2.24) is 9.55 Å². The van der Waals surface area contributed by atoms with Crippen LogP contribution >= 0.6 is 0 Å². The van der Waals surface area contributed by atoms with Gasteiger partial charge in [-0.2, -0.15) is 0 Å². The van der Waals surface area contributed by atoms with E-state index in [0.717, 1.165) is 34.0 Å². The van der Waals surface area contributed by atoms with E-state index in [-0.39, 0.29) is 0 Å². The van der Waals surface area contributed by atoms with Gasteiger partial charge >= 0.3 is 0 Å². The van der Waals surface area contributed by atoms with Crippen LogP contribution in [0.4, 0.5) is 5.69 Å². The van der Waals surface area contributed by atoms with Gasteiger partial charge in [0, 0.05) is 17.7 Å². The molecule has 1 aromatic heterocycles. The van der Waals surface area contributed by atoms with Gasteiger partial charge in [-0.25, -0.2) is 4.98 Å². The molecule has 0 spiro atoms. The zero-order chi connectivity index (χ0) is 14.4. The molecule has 1 aliphatic rings. The standard InChI is InChI=1S/C17H17N3O/c1-21-14-4-2-3-13(10-14)20-16-8-7-12(18)9-15(16)19-17(20)11-5-6-11/h2-4,7-11H,5-6,18H2,1H3. The Kier molecular flexibility index (Phi) is 2.64. The number of benzene rings is 2. The molecule has 0 radical (unpaired) electrons. The van der Waals surface area contributed by atoms with Gasteiger partial charge in [0.1, 0.15) is 11.6 Å². The highest BCUT2D eigenvalue weighted by molar-refractivity contribution is 5.81. The first-order chi connectivity index (χ1) is 10.3. The third-order valence-electron chi connectivity index (χ3n) is 3.96. The molecule has 0 saturated heterocycles. The summed E-state index contributed by atoms with van der Waals surface area (Å²) in [4.78, 5) is 4.81. The molecular weight excluding hydrogens is 262 g/mol. The molecule has 1 saturated carbocycles. The predicted molar refractivity (Wildman–Crippen MR) is 84.0 cm³/mol. The van der Waals surface area contributed by atoms with Gasteiger partial charge in [0.25, 0.3) is 0 Å². The first kappa shape index (κ1) is 12.3. The van der Waals surface area contributed by atoms with Crippen molar-refractivity contribution in [2.45, 2.75) is 18.8 Å². The number of hydrogen-bond acceptors (Lipinski definition) is 3. The average Bonchev–Trinajstić information content (AvgIpc) is 3.28. The van der Waals surface area contributed by atoms with Crippen molar-refractivity contribution in [2.24, 2.45) is 0 Å². The lowest BCUT2D eigenvalue weighted by Crippen LogP contribution is -2.00. The van der Waals surface area contributed by atoms with Gasteiger partial charge in [-0.15, -0.1) is 0 Å². The van der Waals surface area contributed by atoms with Crippen molar-refractivity contribution >= 4 is 16.7 Å². The number of nitrogen functional groups attached to an aromatic ring is 1. The van der Waals surface area contributed by atoms with E-state index >= 15 is 0 Å². The maximum absolute atomic E-state index is 5.89. The molecule has 1 fully saturated rings. The Morgan fingerprint density at radius 3 is 2.81 bits per heavy atom. The number of anilines is 1. The molecule has 106 valence electrons. The number of hydrogen-bond donors (Lipinski definition) is 1. The monoisotopic (exact) mass is 279 g/mol. The first-order valence-corrected chi connectivity index (χ1v) is 7.18. The summed E-state index contributed by atoms with van der Waals surface area (Å²) >= 11 is 0. The largest absolute Gasteiger partial charge is 0.497 e. The third-order valence-corrected chi connectivity index (χ3v) is 3.96. The topological polar surface area (TPSA) is 53.1 Å². The van der Waals surface area contributed by atoms with Gasteiger partial charge < -0.3 is 10.5 Å². The molecule has 3 aromatic rings. The summed E-state index contributed by atoms with van der Waals surface area (Å²) in [6.07, 6.45) is 2.42. The van der Waals surface area contributed by atoms with Crippen LogP contribution in [0.25, 0.3) is 16.7 Å². The second-order valence-corrected chi connectivity index (χ2v) is 5.53. The van der Waals surface area contributed by atoms with Crippen LogP contribution in [0, 0.1) is 0 Å². The highest BCUT2D eigenvalue weighted by atomic mass is 16.5. The van der Waals surface area contributed by atoms with Crippen LogP contribution < -0.4 is 10.5 Å². The lowest BCUT2D eigenvalue weighted by Gasteiger charge is -2.10. The number of aromatic nitrogens is 2. The molecule has 0 atom stereocenters. The SMILES string of the molecule is COc1cccc(-n2c(C3CC3)nc3cc(N)ccc32)c1. The zero-order valence-electron chi connectivity index (χ0n) is 11.9. The van der Waals surface area contributed by atoms with Crippen molar-refractivity contribution in [2.75, 3.05) is 12.8 Å². The van der Waals surface area contributed by atoms with Gasteiger partial charge in [-0.3, -0.25) is 4.57 Å². The molecule has 2 aromatic carbocycles. The Bertz CT molecular complexity index is 818. The quantitative estimate of drug-likeness (QED) is 0.747. The number of ether oxygens (including phenoxy) is 1. The lowest BCUT2D eigenvalue weighted by atomic mass is 10.2. The van der Waals surface area contributed by atoms with Crippen LogP contribution in [-0.4, -0.2) is 16.7 Å². The number of methoxy groups -OCH3 is 1. The van der Waals surface area contributed by atoms with Crippen molar-refractivity contribution in [1.29, 1.82) is 0 Å². The van der Waals surface area contributed by atoms with Gasteiger partial charge in [-0.05, 0) is 43.2 Å². The van der Waals surface area contributed by atoms with E-state index < -0.39 is 0 Å². The second kappa shape index (κ2) is 4.52. The fraction of sp³-hybridized carbons (Fsp3) is 0.235. The summed E-state index contributed by atoms with van der Waals surface area (Å²) in [5, 5.41) is 0. The summed E-state index contributed by atoms with van der Waals surface area (Å²) < 4.78 is 7.58. The second-order valence-electron chi connectivity index (χ2n) is 5.53. The molecule has 4 rings (SSSR count). The molecular formula is C17H17N3O. The maximum atomic E-state index is 5.89.